The highest BCUT2D eigenvalue weighted by Crippen LogP contribution is 2.43. The number of benzene rings is 1. The molecule has 0 spiro atoms. The Bertz CT molecular complexity index is 438. The Labute approximate surface area is 123 Å². The van der Waals surface area contributed by atoms with Crippen molar-refractivity contribution in [3.05, 3.63) is 34.1 Å². The lowest BCUT2D eigenvalue weighted by Gasteiger charge is -2.38. The maximum atomic E-state index is 14.0. The highest BCUT2D eigenvalue weighted by molar-refractivity contribution is 9.10. The van der Waals surface area contributed by atoms with E-state index in [9.17, 15) is 4.39 Å². The number of halogens is 2. The van der Waals surface area contributed by atoms with Crippen LogP contribution in [0.4, 0.5) is 4.39 Å². The second-order valence-corrected chi connectivity index (χ2v) is 7.23. The van der Waals surface area contributed by atoms with Crippen LogP contribution in [0.15, 0.2) is 22.7 Å². The minimum Gasteiger partial charge on any atom is -0.271 e. The summed E-state index contributed by atoms with van der Waals surface area (Å²) in [6, 6.07) is 4.94. The molecular weight excluding hydrogens is 307 g/mol. The predicted molar refractivity (Wildman–Crippen MR) is 79.9 cm³/mol. The molecular formula is C15H22BrFN2. The fraction of sp³-hybridized carbons (Fsp3) is 0.600. The lowest BCUT2D eigenvalue weighted by Crippen LogP contribution is -2.37. The number of nitrogens with two attached hydrogens (primary N) is 1. The lowest BCUT2D eigenvalue weighted by atomic mass is 9.70. The van der Waals surface area contributed by atoms with Crippen molar-refractivity contribution in [2.45, 2.75) is 45.6 Å². The molecule has 0 bridgehead atoms. The van der Waals surface area contributed by atoms with Gasteiger partial charge in [0.25, 0.3) is 0 Å². The second kappa shape index (κ2) is 5.90. The van der Waals surface area contributed by atoms with Gasteiger partial charge >= 0.3 is 0 Å². The van der Waals surface area contributed by atoms with Crippen molar-refractivity contribution < 1.29 is 4.39 Å². The van der Waals surface area contributed by atoms with E-state index >= 15 is 0 Å². The maximum Gasteiger partial charge on any atom is 0.128 e. The summed E-state index contributed by atoms with van der Waals surface area (Å²) in [4.78, 5) is 0. The molecule has 1 saturated carbocycles. The van der Waals surface area contributed by atoms with E-state index in [-0.39, 0.29) is 11.9 Å². The first-order valence-corrected chi connectivity index (χ1v) is 7.63. The molecule has 0 heterocycles. The Morgan fingerprint density at radius 2 is 2.00 bits per heavy atom. The molecule has 3 N–H and O–H groups in total. The summed E-state index contributed by atoms with van der Waals surface area (Å²) in [6.45, 7) is 4.60. The van der Waals surface area contributed by atoms with Crippen LogP contribution in [0.2, 0.25) is 0 Å². The zero-order valence-corrected chi connectivity index (χ0v) is 13.1. The third-order valence-corrected chi connectivity index (χ3v) is 4.82. The Hall–Kier alpha value is -0.450. The summed E-state index contributed by atoms with van der Waals surface area (Å²) >= 11 is 3.40. The van der Waals surface area contributed by atoms with Crippen molar-refractivity contribution in [1.82, 2.24) is 5.43 Å². The molecule has 4 heteroatoms. The average molecular weight is 329 g/mol. The van der Waals surface area contributed by atoms with E-state index in [2.05, 4.69) is 35.2 Å². The first-order chi connectivity index (χ1) is 8.93. The third-order valence-electron chi connectivity index (χ3n) is 4.33. The van der Waals surface area contributed by atoms with Crippen LogP contribution in [0.5, 0.6) is 0 Å². The van der Waals surface area contributed by atoms with Gasteiger partial charge in [-0.1, -0.05) is 29.8 Å². The molecule has 2 rings (SSSR count). The molecule has 1 atom stereocenters. The number of hydrogen-bond acceptors (Lipinski definition) is 2. The van der Waals surface area contributed by atoms with Gasteiger partial charge in [-0.05, 0) is 55.2 Å². The van der Waals surface area contributed by atoms with Crippen molar-refractivity contribution in [3.63, 3.8) is 0 Å². The van der Waals surface area contributed by atoms with Gasteiger partial charge in [-0.15, -0.1) is 0 Å². The quantitative estimate of drug-likeness (QED) is 0.641. The minimum atomic E-state index is -0.184. The van der Waals surface area contributed by atoms with Crippen molar-refractivity contribution in [2.75, 3.05) is 0 Å². The molecule has 0 amide bonds. The fourth-order valence-electron chi connectivity index (χ4n) is 2.99. The highest BCUT2D eigenvalue weighted by Gasteiger charge is 2.32. The van der Waals surface area contributed by atoms with Gasteiger partial charge in [0.1, 0.15) is 5.82 Å². The molecule has 1 fully saturated rings. The average Bonchev–Trinajstić information content (AvgIpc) is 2.36. The normalized spacial score (nSPS) is 21.3. The van der Waals surface area contributed by atoms with Crippen LogP contribution in [0.3, 0.4) is 0 Å². The van der Waals surface area contributed by atoms with E-state index in [0.717, 1.165) is 17.3 Å². The lowest BCUT2D eigenvalue weighted by molar-refractivity contribution is 0.160. The van der Waals surface area contributed by atoms with Crippen LogP contribution >= 0.6 is 15.9 Å². The molecule has 2 nitrogen and oxygen atoms in total. The third kappa shape index (κ3) is 3.56. The van der Waals surface area contributed by atoms with Gasteiger partial charge in [-0.25, -0.2) is 4.39 Å². The predicted octanol–water partition coefficient (Wildman–Crippen LogP) is 4.31. The summed E-state index contributed by atoms with van der Waals surface area (Å²) in [5, 5.41) is 0. The largest absolute Gasteiger partial charge is 0.271 e. The zero-order chi connectivity index (χ0) is 14.0. The topological polar surface area (TPSA) is 38.0 Å². The molecule has 1 aliphatic carbocycles. The molecule has 1 unspecified atom stereocenters. The van der Waals surface area contributed by atoms with E-state index in [1.807, 2.05) is 6.07 Å². The maximum absolute atomic E-state index is 14.0. The molecule has 0 aromatic heterocycles. The Morgan fingerprint density at radius 1 is 1.37 bits per heavy atom. The zero-order valence-electron chi connectivity index (χ0n) is 11.5. The summed E-state index contributed by atoms with van der Waals surface area (Å²) in [7, 11) is 0. The second-order valence-electron chi connectivity index (χ2n) is 6.31. The van der Waals surface area contributed by atoms with Crippen molar-refractivity contribution in [1.29, 1.82) is 0 Å². The molecule has 106 valence electrons. The van der Waals surface area contributed by atoms with Crippen molar-refractivity contribution >= 4 is 15.9 Å². The van der Waals surface area contributed by atoms with Crippen molar-refractivity contribution in [3.8, 4) is 0 Å². The molecule has 0 saturated heterocycles. The SMILES string of the molecule is CC1(C)CCC(C(NN)c2cc(Br)ccc2F)CC1. The number of hydrazine groups is 1. The van der Waals surface area contributed by atoms with Crippen LogP contribution in [-0.4, -0.2) is 0 Å². The number of nitrogens with one attached hydrogen (secondary N) is 1. The molecule has 0 radical (unpaired) electrons. The molecule has 0 aliphatic heterocycles. The Kier molecular flexibility index (Phi) is 4.64. The molecule has 1 aromatic rings. The Balaban J connectivity index is 2.18. The highest BCUT2D eigenvalue weighted by atomic mass is 79.9. The smallest absolute Gasteiger partial charge is 0.128 e. The summed E-state index contributed by atoms with van der Waals surface area (Å²) < 4.78 is 14.9. The van der Waals surface area contributed by atoms with Gasteiger partial charge in [0.05, 0.1) is 6.04 Å². The summed E-state index contributed by atoms with van der Waals surface area (Å²) in [5.74, 6) is 5.91. The van der Waals surface area contributed by atoms with Gasteiger partial charge in [0.2, 0.25) is 0 Å². The van der Waals surface area contributed by atoms with E-state index in [4.69, 9.17) is 5.84 Å². The van der Waals surface area contributed by atoms with E-state index in [0.29, 0.717) is 16.9 Å². The monoisotopic (exact) mass is 328 g/mol. The van der Waals surface area contributed by atoms with Gasteiger partial charge in [0.15, 0.2) is 0 Å². The number of rotatable bonds is 3. The van der Waals surface area contributed by atoms with Gasteiger partial charge in [-0.2, -0.15) is 0 Å². The molecule has 19 heavy (non-hydrogen) atoms. The van der Waals surface area contributed by atoms with Gasteiger partial charge in [-0.3, -0.25) is 11.3 Å². The van der Waals surface area contributed by atoms with Crippen LogP contribution in [-0.2, 0) is 0 Å². The van der Waals surface area contributed by atoms with Crippen molar-refractivity contribution in [2.24, 2.45) is 17.2 Å². The fourth-order valence-corrected chi connectivity index (χ4v) is 3.37. The van der Waals surface area contributed by atoms with E-state index in [1.165, 1.54) is 18.9 Å². The van der Waals surface area contributed by atoms with Crippen LogP contribution < -0.4 is 11.3 Å². The Morgan fingerprint density at radius 3 is 2.58 bits per heavy atom. The summed E-state index contributed by atoms with van der Waals surface area (Å²) in [6.07, 6.45) is 4.53. The van der Waals surface area contributed by atoms with Gasteiger partial charge < -0.3 is 0 Å². The molecule has 1 aliphatic rings. The van der Waals surface area contributed by atoms with Gasteiger partial charge in [0, 0.05) is 10.0 Å². The van der Waals surface area contributed by atoms with Crippen LogP contribution in [0, 0.1) is 17.2 Å². The first-order valence-electron chi connectivity index (χ1n) is 6.84. The van der Waals surface area contributed by atoms with Crippen LogP contribution in [0.1, 0.15) is 51.1 Å². The summed E-state index contributed by atoms with van der Waals surface area (Å²) in [5.41, 5.74) is 3.90. The van der Waals surface area contributed by atoms with E-state index in [1.54, 1.807) is 6.07 Å². The van der Waals surface area contributed by atoms with Crippen LogP contribution in [0.25, 0.3) is 0 Å². The number of hydrogen-bond donors (Lipinski definition) is 2. The standard InChI is InChI=1S/C15H22BrFN2/c1-15(2)7-5-10(6-8-15)14(19-18)12-9-11(16)3-4-13(12)17/h3-4,9-10,14,19H,5-8,18H2,1-2H3. The molecule has 1 aromatic carbocycles. The first kappa shape index (κ1) is 14.9. The minimum absolute atomic E-state index is 0.103. The van der Waals surface area contributed by atoms with E-state index < -0.39 is 0 Å².